The zero-order valence-electron chi connectivity index (χ0n) is 16.5. The third-order valence-electron chi connectivity index (χ3n) is 6.84. The van der Waals surface area contributed by atoms with Crippen LogP contribution in [0.1, 0.15) is 83.6 Å². The number of rotatable bonds is 7. The second-order valence-electron chi connectivity index (χ2n) is 8.40. The number of carbonyl (C=O) groups excluding carboxylic acids is 1. The van der Waals surface area contributed by atoms with Gasteiger partial charge in [-0.25, -0.2) is 9.18 Å². The molecule has 2 nitrogen and oxygen atoms in total. The summed E-state index contributed by atoms with van der Waals surface area (Å²) in [6, 6.07) is 3.04. The van der Waals surface area contributed by atoms with Crippen molar-refractivity contribution in [2.24, 2.45) is 5.41 Å². The molecule has 1 aromatic rings. The summed E-state index contributed by atoms with van der Waals surface area (Å²) in [7, 11) is 0. The van der Waals surface area contributed by atoms with Crippen LogP contribution in [0.25, 0.3) is 0 Å². The smallest absolute Gasteiger partial charge is 0.335 e. The average molecular weight is 376 g/mol. The van der Waals surface area contributed by atoms with E-state index in [0.717, 1.165) is 38.5 Å². The lowest BCUT2D eigenvalue weighted by Crippen LogP contribution is -2.44. The molecule has 1 aromatic carbocycles. The van der Waals surface area contributed by atoms with E-state index in [1.807, 2.05) is 0 Å². The number of hydrogen-bond acceptors (Lipinski definition) is 2. The van der Waals surface area contributed by atoms with E-state index in [0.29, 0.717) is 11.0 Å². The Morgan fingerprint density at radius 1 is 1.07 bits per heavy atom. The van der Waals surface area contributed by atoms with E-state index in [2.05, 4.69) is 6.92 Å². The Balaban J connectivity index is 1.76. The highest BCUT2D eigenvalue weighted by molar-refractivity contribution is 5.83. The van der Waals surface area contributed by atoms with Crippen molar-refractivity contribution in [2.45, 2.75) is 83.5 Å². The van der Waals surface area contributed by atoms with Crippen LogP contribution < -0.4 is 4.74 Å². The van der Waals surface area contributed by atoms with Crippen molar-refractivity contribution in [1.82, 2.24) is 0 Å². The summed E-state index contributed by atoms with van der Waals surface area (Å²) in [5.74, 6) is -2.93. The van der Waals surface area contributed by atoms with Gasteiger partial charge in [0.1, 0.15) is 0 Å². The predicted molar refractivity (Wildman–Crippen MR) is 103 cm³/mol. The van der Waals surface area contributed by atoms with Crippen molar-refractivity contribution in [2.75, 3.05) is 0 Å². The van der Waals surface area contributed by atoms with Crippen molar-refractivity contribution in [3.63, 3.8) is 0 Å². The van der Waals surface area contributed by atoms with Gasteiger partial charge in [-0.3, -0.25) is 0 Å². The number of ether oxygens (including phenoxy) is 1. The molecule has 148 valence electrons. The third-order valence-corrected chi connectivity index (χ3v) is 6.84. The Morgan fingerprint density at radius 3 is 2.33 bits per heavy atom. The summed E-state index contributed by atoms with van der Waals surface area (Å²) in [6.45, 7) is 3.89. The second-order valence-corrected chi connectivity index (χ2v) is 8.40. The van der Waals surface area contributed by atoms with Gasteiger partial charge < -0.3 is 4.74 Å². The monoisotopic (exact) mass is 376 g/mol. The number of allylic oxidation sites excluding steroid dienone is 1. The van der Waals surface area contributed by atoms with Crippen LogP contribution in [-0.4, -0.2) is 5.97 Å². The van der Waals surface area contributed by atoms with Crippen LogP contribution >= 0.6 is 0 Å². The maximum Gasteiger partial charge on any atom is 0.335 e. The Bertz CT molecular complexity index is 699. The minimum absolute atomic E-state index is 0.261. The molecular formula is C23H30F2O2. The number of fused-ring (bicyclic) bond motifs is 3. The van der Waals surface area contributed by atoms with Gasteiger partial charge in [0, 0.05) is 6.08 Å². The summed E-state index contributed by atoms with van der Waals surface area (Å²) >= 11 is 0. The molecule has 0 saturated heterocycles. The van der Waals surface area contributed by atoms with Crippen LogP contribution in [0.4, 0.5) is 8.78 Å². The molecule has 0 amide bonds. The number of benzene rings is 1. The van der Waals surface area contributed by atoms with Crippen LogP contribution in [0.3, 0.4) is 0 Å². The molecule has 0 heterocycles. The van der Waals surface area contributed by atoms with Gasteiger partial charge in [0.05, 0.1) is 0 Å². The number of esters is 1. The molecule has 3 aliphatic carbocycles. The molecule has 0 radical (unpaired) electrons. The quantitative estimate of drug-likeness (QED) is 0.231. The minimum atomic E-state index is -1.05. The lowest BCUT2D eigenvalue weighted by molar-refractivity contribution is -0.129. The molecule has 0 spiro atoms. The molecule has 2 bridgehead atoms. The van der Waals surface area contributed by atoms with Crippen LogP contribution in [0, 0.1) is 17.0 Å². The van der Waals surface area contributed by atoms with Gasteiger partial charge in [-0.1, -0.05) is 38.3 Å². The van der Waals surface area contributed by atoms with E-state index in [-0.39, 0.29) is 11.2 Å². The standard InChI is InChI=1S/C23H30F2O2/c1-3-5-6-10-22-11-14-23(15-12-22,16-13-22)17-8-9-18(21(25)20(17)24)27-19(26)7-4-2/h4,7-9H,3,5-6,10-16H2,1-2H3/b7-4+. The number of unbranched alkanes of at least 4 members (excludes halogenated alkanes) is 2. The molecule has 0 N–H and O–H groups in total. The topological polar surface area (TPSA) is 26.3 Å². The fourth-order valence-electron chi connectivity index (χ4n) is 5.09. The molecule has 27 heavy (non-hydrogen) atoms. The van der Waals surface area contributed by atoms with Crippen molar-refractivity contribution in [3.05, 3.63) is 41.5 Å². The molecule has 0 aliphatic heterocycles. The lowest BCUT2D eigenvalue weighted by atomic mass is 9.51. The molecule has 3 saturated carbocycles. The maximum atomic E-state index is 14.9. The zero-order valence-corrected chi connectivity index (χ0v) is 16.5. The summed E-state index contributed by atoms with van der Waals surface area (Å²) in [4.78, 5) is 11.5. The van der Waals surface area contributed by atoms with E-state index in [1.54, 1.807) is 13.0 Å². The molecular weight excluding hydrogens is 346 g/mol. The Hall–Kier alpha value is -1.71. The molecule has 0 atom stereocenters. The maximum absolute atomic E-state index is 14.9. The summed E-state index contributed by atoms with van der Waals surface area (Å²) in [5, 5.41) is 0. The van der Waals surface area contributed by atoms with E-state index < -0.39 is 17.6 Å². The van der Waals surface area contributed by atoms with Gasteiger partial charge in [-0.2, -0.15) is 4.39 Å². The fraction of sp³-hybridized carbons (Fsp3) is 0.609. The van der Waals surface area contributed by atoms with Crippen LogP contribution in [0.15, 0.2) is 24.3 Å². The highest BCUT2D eigenvalue weighted by atomic mass is 19.2. The minimum Gasteiger partial charge on any atom is -0.420 e. The van der Waals surface area contributed by atoms with Crippen LogP contribution in [-0.2, 0) is 10.2 Å². The van der Waals surface area contributed by atoms with Gasteiger partial charge in [0.15, 0.2) is 11.6 Å². The van der Waals surface area contributed by atoms with E-state index >= 15 is 0 Å². The number of hydrogen-bond donors (Lipinski definition) is 0. The molecule has 3 fully saturated rings. The van der Waals surface area contributed by atoms with E-state index in [4.69, 9.17) is 4.74 Å². The molecule has 0 aromatic heterocycles. The Kier molecular flexibility index (Phi) is 6.02. The number of carbonyl (C=O) groups is 1. The summed E-state index contributed by atoms with van der Waals surface area (Å²) < 4.78 is 34.3. The first-order valence-electron chi connectivity index (χ1n) is 10.3. The van der Waals surface area contributed by atoms with Gasteiger partial charge >= 0.3 is 5.97 Å². The lowest BCUT2D eigenvalue weighted by Gasteiger charge is -2.54. The number of halogens is 2. The highest BCUT2D eigenvalue weighted by Crippen LogP contribution is 2.60. The van der Waals surface area contributed by atoms with Crippen molar-refractivity contribution in [1.29, 1.82) is 0 Å². The fourth-order valence-corrected chi connectivity index (χ4v) is 5.09. The van der Waals surface area contributed by atoms with Gasteiger partial charge in [0.25, 0.3) is 0 Å². The van der Waals surface area contributed by atoms with Gasteiger partial charge in [-0.05, 0) is 74.3 Å². The Labute approximate surface area is 161 Å². The van der Waals surface area contributed by atoms with Crippen molar-refractivity contribution >= 4 is 5.97 Å². The normalized spacial score (nSPS) is 27.3. The largest absolute Gasteiger partial charge is 0.420 e. The third kappa shape index (κ3) is 3.95. The zero-order chi connectivity index (χ0) is 19.5. The Morgan fingerprint density at radius 2 is 1.74 bits per heavy atom. The van der Waals surface area contributed by atoms with Gasteiger partial charge in [0.2, 0.25) is 5.82 Å². The second kappa shape index (κ2) is 8.12. The average Bonchev–Trinajstić information content (AvgIpc) is 2.67. The first kappa shape index (κ1) is 20.0. The van der Waals surface area contributed by atoms with E-state index in [9.17, 15) is 13.6 Å². The molecule has 0 unspecified atom stereocenters. The molecule has 3 aliphatic rings. The van der Waals surface area contributed by atoms with Gasteiger partial charge in [-0.15, -0.1) is 0 Å². The van der Waals surface area contributed by atoms with Crippen molar-refractivity contribution < 1.29 is 18.3 Å². The first-order valence-corrected chi connectivity index (χ1v) is 10.3. The highest BCUT2D eigenvalue weighted by Gasteiger charge is 2.50. The molecule has 4 heteroatoms. The molecule has 4 rings (SSSR count). The SMILES string of the molecule is C/C=C/C(=O)Oc1ccc(C23CCC(CCCCC)(CC2)CC3)c(F)c1F. The first-order chi connectivity index (χ1) is 13.0. The van der Waals surface area contributed by atoms with Crippen LogP contribution in [0.2, 0.25) is 0 Å². The van der Waals surface area contributed by atoms with E-state index in [1.165, 1.54) is 43.9 Å². The van der Waals surface area contributed by atoms with Crippen molar-refractivity contribution in [3.8, 4) is 5.75 Å². The summed E-state index contributed by atoms with van der Waals surface area (Å²) in [5.41, 5.74) is 0.629. The summed E-state index contributed by atoms with van der Waals surface area (Å²) in [6.07, 6.45) is 13.8. The predicted octanol–water partition coefficient (Wildman–Crippen LogP) is 6.62. The van der Waals surface area contributed by atoms with Crippen LogP contribution in [0.5, 0.6) is 5.75 Å².